The molecule has 0 saturated carbocycles. The van der Waals surface area contributed by atoms with Crippen molar-refractivity contribution in [3.8, 4) is 5.75 Å². The van der Waals surface area contributed by atoms with Gasteiger partial charge in [0.25, 0.3) is 5.91 Å². The lowest BCUT2D eigenvalue weighted by atomic mass is 10.0. The molecular weight excluding hydrogens is 384 g/mol. The quantitative estimate of drug-likeness (QED) is 0.404. The molecule has 0 radical (unpaired) electrons. The second-order valence-electron chi connectivity index (χ2n) is 7.28. The molecule has 4 nitrogen and oxygen atoms in total. The van der Waals surface area contributed by atoms with Crippen LogP contribution in [0.25, 0.3) is 0 Å². The molecule has 154 valence electrons. The van der Waals surface area contributed by atoms with Gasteiger partial charge in [0.15, 0.2) is 0 Å². The minimum atomic E-state index is -0.274. The normalized spacial score (nSPS) is 11.5. The van der Waals surface area contributed by atoms with Crippen LogP contribution < -0.4 is 4.74 Å². The highest BCUT2D eigenvalue weighted by molar-refractivity contribution is 5.94. The van der Waals surface area contributed by atoms with E-state index in [1.165, 1.54) is 0 Å². The van der Waals surface area contributed by atoms with Crippen molar-refractivity contribution in [3.63, 3.8) is 0 Å². The summed E-state index contributed by atoms with van der Waals surface area (Å²) in [6.07, 6.45) is 1.75. The standard InChI is InChI=1S/C27H24N2O2/c1-29(26(22-12-6-3-7-13-22)25-14-8-9-19-28-25)27(30)23-15-17-24(18-16-23)31-20-21-10-4-2-5-11-21/h2-19,26H,20H2,1H3. The number of pyridine rings is 1. The van der Waals surface area contributed by atoms with Gasteiger partial charge in [0, 0.05) is 18.8 Å². The van der Waals surface area contributed by atoms with Crippen molar-refractivity contribution in [1.29, 1.82) is 0 Å². The summed E-state index contributed by atoms with van der Waals surface area (Å²) in [7, 11) is 1.81. The number of benzene rings is 3. The Hall–Kier alpha value is -3.92. The first-order valence-corrected chi connectivity index (χ1v) is 10.2. The third kappa shape index (κ3) is 4.98. The van der Waals surface area contributed by atoms with Gasteiger partial charge in [-0.2, -0.15) is 0 Å². The molecule has 4 heteroatoms. The van der Waals surface area contributed by atoms with Gasteiger partial charge >= 0.3 is 0 Å². The summed E-state index contributed by atoms with van der Waals surface area (Å²) in [6, 6.07) is 32.7. The van der Waals surface area contributed by atoms with E-state index in [0.717, 1.165) is 22.6 Å². The molecule has 0 fully saturated rings. The number of carbonyl (C=O) groups excluding carboxylic acids is 1. The molecule has 1 amide bonds. The molecule has 1 aromatic heterocycles. The molecule has 0 N–H and O–H groups in total. The molecule has 31 heavy (non-hydrogen) atoms. The van der Waals surface area contributed by atoms with E-state index in [4.69, 9.17) is 4.74 Å². The largest absolute Gasteiger partial charge is 0.489 e. The Morgan fingerprint density at radius 3 is 2.13 bits per heavy atom. The van der Waals surface area contributed by atoms with Crippen molar-refractivity contribution in [2.45, 2.75) is 12.6 Å². The topological polar surface area (TPSA) is 42.4 Å². The van der Waals surface area contributed by atoms with E-state index in [0.29, 0.717) is 12.2 Å². The molecule has 4 aromatic rings. The van der Waals surface area contributed by atoms with Crippen LogP contribution >= 0.6 is 0 Å². The number of hydrogen-bond acceptors (Lipinski definition) is 3. The van der Waals surface area contributed by atoms with Crippen LogP contribution in [0.5, 0.6) is 5.75 Å². The van der Waals surface area contributed by atoms with Crippen molar-refractivity contribution in [2.24, 2.45) is 0 Å². The smallest absolute Gasteiger partial charge is 0.254 e. The SMILES string of the molecule is CN(C(=O)c1ccc(OCc2ccccc2)cc1)C(c1ccccc1)c1ccccn1. The van der Waals surface area contributed by atoms with Gasteiger partial charge in [0.1, 0.15) is 12.4 Å². The highest BCUT2D eigenvalue weighted by Gasteiger charge is 2.25. The van der Waals surface area contributed by atoms with Crippen molar-refractivity contribution in [1.82, 2.24) is 9.88 Å². The number of hydrogen-bond donors (Lipinski definition) is 0. The van der Waals surface area contributed by atoms with Gasteiger partial charge < -0.3 is 9.64 Å². The third-order valence-corrected chi connectivity index (χ3v) is 5.14. The second kappa shape index (κ2) is 9.72. The predicted octanol–water partition coefficient (Wildman–Crippen LogP) is 5.52. The molecule has 0 aliphatic heterocycles. The first-order valence-electron chi connectivity index (χ1n) is 10.2. The van der Waals surface area contributed by atoms with Gasteiger partial charge in [0.2, 0.25) is 0 Å². The van der Waals surface area contributed by atoms with E-state index >= 15 is 0 Å². The lowest BCUT2D eigenvalue weighted by Gasteiger charge is -2.28. The predicted molar refractivity (Wildman–Crippen MR) is 122 cm³/mol. The lowest BCUT2D eigenvalue weighted by Crippen LogP contribution is -2.32. The molecule has 0 aliphatic carbocycles. The van der Waals surface area contributed by atoms with Gasteiger partial charge in [-0.1, -0.05) is 66.7 Å². The highest BCUT2D eigenvalue weighted by atomic mass is 16.5. The molecule has 0 aliphatic rings. The van der Waals surface area contributed by atoms with Crippen molar-refractivity contribution in [3.05, 3.63) is 132 Å². The molecule has 1 unspecified atom stereocenters. The third-order valence-electron chi connectivity index (χ3n) is 5.14. The fraction of sp³-hybridized carbons (Fsp3) is 0.111. The number of aromatic nitrogens is 1. The number of ether oxygens (including phenoxy) is 1. The van der Waals surface area contributed by atoms with Gasteiger partial charge in [-0.15, -0.1) is 0 Å². The summed E-state index contributed by atoms with van der Waals surface area (Å²) in [5.74, 6) is 0.654. The number of nitrogens with zero attached hydrogens (tertiary/aromatic N) is 2. The first kappa shape index (κ1) is 20.4. The monoisotopic (exact) mass is 408 g/mol. The van der Waals surface area contributed by atoms with E-state index in [1.807, 2.05) is 98.0 Å². The Bertz CT molecular complexity index is 1060. The van der Waals surface area contributed by atoms with Crippen LogP contribution in [0.2, 0.25) is 0 Å². The number of rotatable bonds is 7. The Morgan fingerprint density at radius 2 is 1.48 bits per heavy atom. The zero-order valence-corrected chi connectivity index (χ0v) is 17.4. The number of carbonyl (C=O) groups is 1. The Balaban J connectivity index is 1.51. The fourth-order valence-corrected chi connectivity index (χ4v) is 3.52. The van der Waals surface area contributed by atoms with Crippen LogP contribution in [0.3, 0.4) is 0 Å². The minimum absolute atomic E-state index is 0.0749. The van der Waals surface area contributed by atoms with Crippen LogP contribution in [0.4, 0.5) is 0 Å². The van der Waals surface area contributed by atoms with Crippen LogP contribution in [0, 0.1) is 0 Å². The first-order chi connectivity index (χ1) is 15.2. The second-order valence-corrected chi connectivity index (χ2v) is 7.28. The fourth-order valence-electron chi connectivity index (χ4n) is 3.52. The summed E-state index contributed by atoms with van der Waals surface area (Å²) in [4.78, 5) is 19.5. The highest BCUT2D eigenvalue weighted by Crippen LogP contribution is 2.27. The zero-order valence-electron chi connectivity index (χ0n) is 17.4. The van der Waals surface area contributed by atoms with Crippen LogP contribution in [-0.2, 0) is 6.61 Å². The minimum Gasteiger partial charge on any atom is -0.489 e. The Labute approximate surface area is 182 Å². The maximum atomic E-state index is 13.3. The van der Waals surface area contributed by atoms with Gasteiger partial charge in [-0.05, 0) is 47.5 Å². The van der Waals surface area contributed by atoms with Crippen LogP contribution in [-0.4, -0.2) is 22.8 Å². The summed E-state index contributed by atoms with van der Waals surface area (Å²) < 4.78 is 5.84. The summed E-state index contributed by atoms with van der Waals surface area (Å²) in [5, 5.41) is 0. The molecule has 1 atom stereocenters. The van der Waals surface area contributed by atoms with Gasteiger partial charge in [-0.25, -0.2) is 0 Å². The lowest BCUT2D eigenvalue weighted by molar-refractivity contribution is 0.0752. The van der Waals surface area contributed by atoms with Crippen molar-refractivity contribution in [2.75, 3.05) is 7.05 Å². The van der Waals surface area contributed by atoms with Crippen LogP contribution in [0.1, 0.15) is 33.2 Å². The maximum absolute atomic E-state index is 13.3. The molecule has 0 saturated heterocycles. The Morgan fingerprint density at radius 1 is 0.839 bits per heavy atom. The molecule has 0 bridgehead atoms. The van der Waals surface area contributed by atoms with E-state index in [-0.39, 0.29) is 11.9 Å². The van der Waals surface area contributed by atoms with E-state index < -0.39 is 0 Å². The van der Waals surface area contributed by atoms with E-state index in [1.54, 1.807) is 23.2 Å². The molecular formula is C27H24N2O2. The number of amides is 1. The molecule has 0 spiro atoms. The van der Waals surface area contributed by atoms with E-state index in [2.05, 4.69) is 4.98 Å². The zero-order chi connectivity index (χ0) is 21.5. The van der Waals surface area contributed by atoms with Gasteiger partial charge in [-0.3, -0.25) is 9.78 Å². The average Bonchev–Trinajstić information content (AvgIpc) is 2.85. The molecule has 3 aromatic carbocycles. The summed E-state index contributed by atoms with van der Waals surface area (Å²) in [5.41, 5.74) is 3.54. The van der Waals surface area contributed by atoms with Crippen LogP contribution in [0.15, 0.2) is 109 Å². The Kier molecular flexibility index (Phi) is 6.38. The average molecular weight is 409 g/mol. The summed E-state index contributed by atoms with van der Waals surface area (Å²) in [6.45, 7) is 0.490. The summed E-state index contributed by atoms with van der Waals surface area (Å²) >= 11 is 0. The van der Waals surface area contributed by atoms with Gasteiger partial charge in [0.05, 0.1) is 11.7 Å². The molecule has 1 heterocycles. The maximum Gasteiger partial charge on any atom is 0.254 e. The molecule has 4 rings (SSSR count). The van der Waals surface area contributed by atoms with Crippen molar-refractivity contribution >= 4 is 5.91 Å². The van der Waals surface area contributed by atoms with E-state index in [9.17, 15) is 4.79 Å². The van der Waals surface area contributed by atoms with Crippen molar-refractivity contribution < 1.29 is 9.53 Å².